The Labute approximate surface area is 124 Å². The second-order valence-electron chi connectivity index (χ2n) is 4.38. The van der Waals surface area contributed by atoms with Crippen molar-refractivity contribution in [3.8, 4) is 0 Å². The molecule has 0 saturated carbocycles. The third-order valence-electron chi connectivity index (χ3n) is 2.82. The highest BCUT2D eigenvalue weighted by Gasteiger charge is 2.34. The van der Waals surface area contributed by atoms with E-state index in [0.29, 0.717) is 12.2 Å². The Bertz CT molecular complexity index is 551. The molecule has 112 valence electrons. The van der Waals surface area contributed by atoms with Crippen molar-refractivity contribution in [2.24, 2.45) is 5.92 Å². The van der Waals surface area contributed by atoms with E-state index in [0.717, 1.165) is 0 Å². The lowest BCUT2D eigenvalue weighted by molar-refractivity contribution is -0.148. The molecule has 1 aromatic carbocycles. The molecule has 0 aliphatic rings. The number of rotatable bonds is 8. The van der Waals surface area contributed by atoms with E-state index in [9.17, 15) is 14.4 Å². The summed E-state index contributed by atoms with van der Waals surface area (Å²) < 4.78 is 4.81. The zero-order chi connectivity index (χ0) is 15.8. The molecule has 5 nitrogen and oxygen atoms in total. The van der Waals surface area contributed by atoms with Crippen molar-refractivity contribution in [3.05, 3.63) is 42.5 Å². The molecule has 0 aliphatic carbocycles. The van der Waals surface area contributed by atoms with E-state index >= 15 is 0 Å². The average Bonchev–Trinajstić information content (AvgIpc) is 2.45. The number of para-hydroxylation sites is 1. The van der Waals surface area contributed by atoms with Crippen molar-refractivity contribution < 1.29 is 19.1 Å². The van der Waals surface area contributed by atoms with Gasteiger partial charge in [-0.15, -0.1) is 6.58 Å². The number of Topliss-reactive ketones (excluding diaryl/α,β-unsaturated/α-hetero) is 2. The molecule has 1 rings (SSSR count). The van der Waals surface area contributed by atoms with Crippen LogP contribution in [0.1, 0.15) is 24.2 Å². The summed E-state index contributed by atoms with van der Waals surface area (Å²) in [5.74, 6) is -3.32. The first-order chi connectivity index (χ1) is 10.0. The van der Waals surface area contributed by atoms with Crippen LogP contribution in [0.25, 0.3) is 0 Å². The van der Waals surface area contributed by atoms with Gasteiger partial charge in [-0.1, -0.05) is 18.2 Å². The molecule has 0 aromatic heterocycles. The molecule has 0 heterocycles. The van der Waals surface area contributed by atoms with Gasteiger partial charge in [0.25, 0.3) is 0 Å². The monoisotopic (exact) mass is 289 g/mol. The van der Waals surface area contributed by atoms with Gasteiger partial charge >= 0.3 is 5.97 Å². The first-order valence-electron chi connectivity index (χ1n) is 6.68. The summed E-state index contributed by atoms with van der Waals surface area (Å²) in [5.41, 5.74) is 0.838. The van der Waals surface area contributed by atoms with E-state index in [1.54, 1.807) is 37.3 Å². The smallest absolute Gasteiger partial charge is 0.324 e. The SMILES string of the molecule is C=CCNc1ccccc1C(=O)C(C(C)=O)C(=O)OCC. The van der Waals surface area contributed by atoms with Gasteiger partial charge in [0.15, 0.2) is 17.5 Å². The number of hydrogen-bond donors (Lipinski definition) is 1. The number of carbonyl (C=O) groups excluding carboxylic acids is 3. The molecule has 0 spiro atoms. The normalized spacial score (nSPS) is 11.3. The maximum Gasteiger partial charge on any atom is 0.324 e. The maximum absolute atomic E-state index is 12.5. The minimum Gasteiger partial charge on any atom is -0.465 e. The number of benzene rings is 1. The highest BCUT2D eigenvalue weighted by molar-refractivity contribution is 6.23. The minimum atomic E-state index is -1.42. The highest BCUT2D eigenvalue weighted by Crippen LogP contribution is 2.20. The number of ether oxygens (including phenoxy) is 1. The van der Waals surface area contributed by atoms with E-state index in [1.807, 2.05) is 0 Å². The number of esters is 1. The van der Waals surface area contributed by atoms with Crippen molar-refractivity contribution >= 4 is 23.2 Å². The summed E-state index contributed by atoms with van der Waals surface area (Å²) in [7, 11) is 0. The van der Waals surface area contributed by atoms with Crippen LogP contribution in [0.4, 0.5) is 5.69 Å². The van der Waals surface area contributed by atoms with E-state index in [-0.39, 0.29) is 12.2 Å². The molecule has 0 radical (unpaired) electrons. The summed E-state index contributed by atoms with van der Waals surface area (Å²) in [6.45, 7) is 7.01. The quantitative estimate of drug-likeness (QED) is 0.344. The lowest BCUT2D eigenvalue weighted by Crippen LogP contribution is -2.32. The molecule has 0 saturated heterocycles. The Balaban J connectivity index is 3.12. The standard InChI is InChI=1S/C16H19NO4/c1-4-10-17-13-9-7-6-8-12(13)15(19)14(11(3)18)16(20)21-5-2/h4,6-9,14,17H,1,5,10H2,2-3H3. The van der Waals surface area contributed by atoms with Crippen LogP contribution in [-0.4, -0.2) is 30.7 Å². The van der Waals surface area contributed by atoms with Gasteiger partial charge in [-0.25, -0.2) is 0 Å². The average molecular weight is 289 g/mol. The molecule has 0 fully saturated rings. The van der Waals surface area contributed by atoms with E-state index < -0.39 is 23.5 Å². The van der Waals surface area contributed by atoms with Gasteiger partial charge in [0.2, 0.25) is 0 Å². The number of ketones is 2. The largest absolute Gasteiger partial charge is 0.465 e. The Morgan fingerprint density at radius 1 is 1.33 bits per heavy atom. The van der Waals surface area contributed by atoms with Crippen molar-refractivity contribution in [2.75, 3.05) is 18.5 Å². The Morgan fingerprint density at radius 2 is 2.00 bits per heavy atom. The van der Waals surface area contributed by atoms with Gasteiger partial charge in [0.1, 0.15) is 0 Å². The lowest BCUT2D eigenvalue weighted by Gasteiger charge is -2.14. The van der Waals surface area contributed by atoms with E-state index in [2.05, 4.69) is 11.9 Å². The summed E-state index contributed by atoms with van der Waals surface area (Å²) >= 11 is 0. The van der Waals surface area contributed by atoms with E-state index in [4.69, 9.17) is 4.74 Å². The second kappa shape index (κ2) is 7.99. The lowest BCUT2D eigenvalue weighted by atomic mass is 9.93. The molecule has 0 amide bonds. The third-order valence-corrected chi connectivity index (χ3v) is 2.82. The molecule has 5 heteroatoms. The van der Waals surface area contributed by atoms with Crippen LogP contribution in [0.2, 0.25) is 0 Å². The fourth-order valence-electron chi connectivity index (χ4n) is 1.87. The van der Waals surface area contributed by atoms with Gasteiger partial charge in [-0.3, -0.25) is 14.4 Å². The molecule has 1 unspecified atom stereocenters. The summed E-state index contributed by atoms with van der Waals surface area (Å²) in [4.78, 5) is 36.0. The van der Waals surface area contributed by atoms with Gasteiger partial charge in [0, 0.05) is 17.8 Å². The molecule has 1 atom stereocenters. The Morgan fingerprint density at radius 3 is 2.57 bits per heavy atom. The first kappa shape index (κ1) is 16.6. The molecule has 0 bridgehead atoms. The predicted molar refractivity (Wildman–Crippen MR) is 80.3 cm³/mol. The fraction of sp³-hybridized carbons (Fsp3) is 0.312. The molecule has 1 N–H and O–H groups in total. The Hall–Kier alpha value is -2.43. The summed E-state index contributed by atoms with van der Waals surface area (Å²) in [6.07, 6.45) is 1.65. The zero-order valence-electron chi connectivity index (χ0n) is 12.2. The van der Waals surface area contributed by atoms with Crippen molar-refractivity contribution in [1.29, 1.82) is 0 Å². The molecular formula is C16H19NO4. The summed E-state index contributed by atoms with van der Waals surface area (Å²) in [6, 6.07) is 6.71. The minimum absolute atomic E-state index is 0.117. The first-order valence-corrected chi connectivity index (χ1v) is 6.68. The van der Waals surface area contributed by atoms with Crippen LogP contribution >= 0.6 is 0 Å². The highest BCUT2D eigenvalue weighted by atomic mass is 16.5. The van der Waals surface area contributed by atoms with Gasteiger partial charge in [-0.05, 0) is 26.0 Å². The number of hydrogen-bond acceptors (Lipinski definition) is 5. The zero-order valence-corrected chi connectivity index (χ0v) is 12.2. The summed E-state index contributed by atoms with van der Waals surface area (Å²) in [5, 5.41) is 3.01. The van der Waals surface area contributed by atoms with Crippen molar-refractivity contribution in [3.63, 3.8) is 0 Å². The third kappa shape index (κ3) is 4.27. The molecule has 1 aromatic rings. The second-order valence-corrected chi connectivity index (χ2v) is 4.38. The van der Waals surface area contributed by atoms with Crippen LogP contribution in [0, 0.1) is 5.92 Å². The predicted octanol–water partition coefficient (Wildman–Crippen LogP) is 2.24. The van der Waals surface area contributed by atoms with Gasteiger partial charge < -0.3 is 10.1 Å². The van der Waals surface area contributed by atoms with Gasteiger partial charge in [-0.2, -0.15) is 0 Å². The Kier molecular flexibility index (Phi) is 6.33. The van der Waals surface area contributed by atoms with Crippen molar-refractivity contribution in [2.45, 2.75) is 13.8 Å². The molecule has 0 aliphatic heterocycles. The van der Waals surface area contributed by atoms with Crippen molar-refractivity contribution in [1.82, 2.24) is 0 Å². The van der Waals surface area contributed by atoms with Crippen LogP contribution < -0.4 is 5.32 Å². The van der Waals surface area contributed by atoms with Crippen LogP contribution in [0.5, 0.6) is 0 Å². The van der Waals surface area contributed by atoms with Crippen LogP contribution in [0.3, 0.4) is 0 Å². The number of carbonyl (C=O) groups is 3. The maximum atomic E-state index is 12.5. The van der Waals surface area contributed by atoms with Gasteiger partial charge in [0.05, 0.1) is 6.61 Å². The van der Waals surface area contributed by atoms with E-state index in [1.165, 1.54) is 6.92 Å². The van der Waals surface area contributed by atoms with Crippen LogP contribution in [0.15, 0.2) is 36.9 Å². The fourth-order valence-corrected chi connectivity index (χ4v) is 1.87. The topological polar surface area (TPSA) is 72.5 Å². The molecule has 21 heavy (non-hydrogen) atoms. The number of anilines is 1. The molecular weight excluding hydrogens is 270 g/mol. The number of nitrogens with one attached hydrogen (secondary N) is 1. The van der Waals surface area contributed by atoms with Crippen LogP contribution in [-0.2, 0) is 14.3 Å².